The molecule has 2 aromatic rings. The average Bonchev–Trinajstić information content (AvgIpc) is 2.72. The molecule has 0 spiro atoms. The Hall–Kier alpha value is -2.44. The van der Waals surface area contributed by atoms with Crippen LogP contribution in [0, 0.1) is 12.7 Å². The molecule has 28 heavy (non-hydrogen) atoms. The minimum atomic E-state index is -0.181. The van der Waals surface area contributed by atoms with Gasteiger partial charge in [-0.15, -0.1) is 0 Å². The molecule has 5 nitrogen and oxygen atoms in total. The zero-order chi connectivity index (χ0) is 19.8. The van der Waals surface area contributed by atoms with E-state index in [-0.39, 0.29) is 5.82 Å². The highest BCUT2D eigenvalue weighted by atomic mass is 19.1. The van der Waals surface area contributed by atoms with E-state index in [4.69, 9.17) is 4.74 Å². The molecule has 150 valence electrons. The van der Waals surface area contributed by atoms with E-state index in [9.17, 15) is 4.39 Å². The number of nitrogens with zero attached hydrogens (tertiary/aromatic N) is 2. The number of nitrogens with one attached hydrogen (secondary N) is 2. The summed E-state index contributed by atoms with van der Waals surface area (Å²) < 4.78 is 19.1. The Kier molecular flexibility index (Phi) is 7.39. The van der Waals surface area contributed by atoms with Crippen molar-refractivity contribution in [1.82, 2.24) is 15.5 Å². The fourth-order valence-corrected chi connectivity index (χ4v) is 3.19. The van der Waals surface area contributed by atoms with Gasteiger partial charge in [0.15, 0.2) is 5.96 Å². The van der Waals surface area contributed by atoms with Gasteiger partial charge in [0.2, 0.25) is 0 Å². The van der Waals surface area contributed by atoms with Crippen molar-refractivity contribution < 1.29 is 9.13 Å². The van der Waals surface area contributed by atoms with Crippen molar-refractivity contribution >= 4 is 5.96 Å². The first-order valence-electron chi connectivity index (χ1n) is 9.71. The van der Waals surface area contributed by atoms with Gasteiger partial charge in [-0.25, -0.2) is 4.39 Å². The molecule has 1 saturated heterocycles. The second-order valence-corrected chi connectivity index (χ2v) is 7.07. The third-order valence-electron chi connectivity index (χ3n) is 4.88. The number of morpholine rings is 1. The van der Waals surface area contributed by atoms with Gasteiger partial charge in [-0.3, -0.25) is 9.89 Å². The normalized spacial score (nSPS) is 15.5. The van der Waals surface area contributed by atoms with E-state index >= 15 is 0 Å². The first-order chi connectivity index (χ1) is 13.6. The summed E-state index contributed by atoms with van der Waals surface area (Å²) in [7, 11) is 1.74. The molecule has 2 aromatic carbocycles. The van der Waals surface area contributed by atoms with Crippen molar-refractivity contribution in [1.29, 1.82) is 0 Å². The highest BCUT2D eigenvalue weighted by molar-refractivity contribution is 5.79. The molecule has 1 aliphatic heterocycles. The minimum absolute atomic E-state index is 0.181. The molecule has 1 heterocycles. The molecule has 0 aliphatic carbocycles. The zero-order valence-electron chi connectivity index (χ0n) is 16.7. The van der Waals surface area contributed by atoms with Gasteiger partial charge in [-0.2, -0.15) is 0 Å². The molecule has 2 N–H and O–H groups in total. The van der Waals surface area contributed by atoms with Gasteiger partial charge in [0.05, 0.1) is 13.2 Å². The Balaban J connectivity index is 1.50. The van der Waals surface area contributed by atoms with E-state index < -0.39 is 0 Å². The zero-order valence-corrected chi connectivity index (χ0v) is 16.7. The Morgan fingerprint density at radius 1 is 1.04 bits per heavy atom. The summed E-state index contributed by atoms with van der Waals surface area (Å²) in [4.78, 5) is 6.67. The predicted molar refractivity (Wildman–Crippen MR) is 111 cm³/mol. The molecule has 0 bridgehead atoms. The van der Waals surface area contributed by atoms with Crippen LogP contribution in [-0.2, 0) is 24.4 Å². The van der Waals surface area contributed by atoms with Crippen LogP contribution in [0.15, 0.2) is 47.5 Å². The Bertz CT molecular complexity index is 803. The predicted octanol–water partition coefficient (Wildman–Crippen LogP) is 2.83. The molecule has 0 aromatic heterocycles. The maximum Gasteiger partial charge on any atom is 0.191 e. The van der Waals surface area contributed by atoms with E-state index in [1.807, 2.05) is 6.07 Å². The largest absolute Gasteiger partial charge is 0.379 e. The van der Waals surface area contributed by atoms with Crippen molar-refractivity contribution in [3.05, 3.63) is 70.5 Å². The van der Waals surface area contributed by atoms with E-state index in [1.54, 1.807) is 26.1 Å². The van der Waals surface area contributed by atoms with Crippen molar-refractivity contribution in [2.75, 3.05) is 33.4 Å². The van der Waals surface area contributed by atoms with Gasteiger partial charge in [0.1, 0.15) is 5.82 Å². The van der Waals surface area contributed by atoms with Gasteiger partial charge in [0, 0.05) is 39.8 Å². The van der Waals surface area contributed by atoms with E-state index in [0.717, 1.165) is 38.4 Å². The fraction of sp³-hybridized carbons (Fsp3) is 0.409. The van der Waals surface area contributed by atoms with Gasteiger partial charge < -0.3 is 15.4 Å². The monoisotopic (exact) mass is 384 g/mol. The van der Waals surface area contributed by atoms with Gasteiger partial charge in [0.25, 0.3) is 0 Å². The topological polar surface area (TPSA) is 48.9 Å². The van der Waals surface area contributed by atoms with Crippen molar-refractivity contribution in [3.8, 4) is 0 Å². The summed E-state index contributed by atoms with van der Waals surface area (Å²) in [5.74, 6) is 0.513. The maximum absolute atomic E-state index is 13.7. The van der Waals surface area contributed by atoms with Crippen molar-refractivity contribution in [3.63, 3.8) is 0 Å². The van der Waals surface area contributed by atoms with Crippen molar-refractivity contribution in [2.45, 2.75) is 26.6 Å². The summed E-state index contributed by atoms with van der Waals surface area (Å²) in [5.41, 5.74) is 4.05. The van der Waals surface area contributed by atoms with E-state index in [1.165, 1.54) is 11.1 Å². The number of guanidine groups is 1. The molecule has 1 fully saturated rings. The quantitative estimate of drug-likeness (QED) is 0.594. The molecule has 1 aliphatic rings. The second-order valence-electron chi connectivity index (χ2n) is 7.07. The standard InChI is InChI=1S/C22H29FN4O/c1-17-6-7-19(13-21(17)23)15-26-22(24-2)25-14-18-4-3-5-20(12-18)16-27-8-10-28-11-9-27/h3-7,12-13H,8-11,14-16H2,1-2H3,(H2,24,25,26). The smallest absolute Gasteiger partial charge is 0.191 e. The lowest BCUT2D eigenvalue weighted by Crippen LogP contribution is -2.36. The Morgan fingerprint density at radius 2 is 1.71 bits per heavy atom. The van der Waals surface area contributed by atoms with Gasteiger partial charge in [-0.05, 0) is 35.2 Å². The number of hydrogen-bond donors (Lipinski definition) is 2. The maximum atomic E-state index is 13.7. The number of aryl methyl sites for hydroxylation is 1. The molecule has 0 radical (unpaired) electrons. The summed E-state index contributed by atoms with van der Waals surface area (Å²) >= 11 is 0. The lowest BCUT2D eigenvalue weighted by Gasteiger charge is -2.26. The number of halogens is 1. The third kappa shape index (κ3) is 6.04. The molecular weight excluding hydrogens is 355 g/mol. The SMILES string of the molecule is CN=C(NCc1cccc(CN2CCOCC2)c1)NCc1ccc(C)c(F)c1. The lowest BCUT2D eigenvalue weighted by atomic mass is 10.1. The van der Waals surface area contributed by atoms with Crippen LogP contribution >= 0.6 is 0 Å². The molecule has 0 amide bonds. The summed E-state index contributed by atoms with van der Waals surface area (Å²) in [6.07, 6.45) is 0. The Morgan fingerprint density at radius 3 is 2.39 bits per heavy atom. The number of aliphatic imine (C=N–C) groups is 1. The van der Waals surface area contributed by atoms with E-state index in [0.29, 0.717) is 24.6 Å². The molecule has 0 saturated carbocycles. The van der Waals surface area contributed by atoms with Crippen LogP contribution in [-0.4, -0.2) is 44.2 Å². The minimum Gasteiger partial charge on any atom is -0.379 e. The summed E-state index contributed by atoms with van der Waals surface area (Å²) in [6, 6.07) is 13.9. The molecule has 3 rings (SSSR count). The number of hydrogen-bond acceptors (Lipinski definition) is 3. The van der Waals surface area contributed by atoms with Crippen molar-refractivity contribution in [2.24, 2.45) is 4.99 Å². The average molecular weight is 384 g/mol. The van der Waals surface area contributed by atoms with E-state index in [2.05, 4.69) is 44.8 Å². The summed E-state index contributed by atoms with van der Waals surface area (Å²) in [5, 5.41) is 6.56. The van der Waals surface area contributed by atoms with Crippen LogP contribution in [0.5, 0.6) is 0 Å². The highest BCUT2D eigenvalue weighted by Crippen LogP contribution is 2.11. The Labute approximate surface area is 166 Å². The number of ether oxygens (including phenoxy) is 1. The second kappa shape index (κ2) is 10.2. The first-order valence-corrected chi connectivity index (χ1v) is 9.71. The van der Waals surface area contributed by atoms with Crippen LogP contribution in [0.25, 0.3) is 0 Å². The van der Waals surface area contributed by atoms with Gasteiger partial charge in [-0.1, -0.05) is 36.4 Å². The van der Waals surface area contributed by atoms with Crippen LogP contribution < -0.4 is 10.6 Å². The number of rotatable bonds is 6. The van der Waals surface area contributed by atoms with Crippen LogP contribution in [0.3, 0.4) is 0 Å². The third-order valence-corrected chi connectivity index (χ3v) is 4.88. The van der Waals surface area contributed by atoms with Gasteiger partial charge >= 0.3 is 0 Å². The lowest BCUT2D eigenvalue weighted by molar-refractivity contribution is 0.0342. The van der Waals surface area contributed by atoms with Crippen LogP contribution in [0.4, 0.5) is 4.39 Å². The van der Waals surface area contributed by atoms with Crippen LogP contribution in [0.2, 0.25) is 0 Å². The van der Waals surface area contributed by atoms with Crippen LogP contribution in [0.1, 0.15) is 22.3 Å². The summed E-state index contributed by atoms with van der Waals surface area (Å²) in [6.45, 7) is 7.51. The molecule has 6 heteroatoms. The fourth-order valence-electron chi connectivity index (χ4n) is 3.19. The molecule has 0 unspecified atom stereocenters. The first kappa shape index (κ1) is 20.3. The highest BCUT2D eigenvalue weighted by Gasteiger charge is 2.10. The molecular formula is C22H29FN4O. The molecule has 0 atom stereocenters. The number of benzene rings is 2.